The Hall–Kier alpha value is -1.39. The minimum absolute atomic E-state index is 0.189. The summed E-state index contributed by atoms with van der Waals surface area (Å²) in [5.41, 5.74) is 0.714. The maximum Gasteiger partial charge on any atom is 0.134 e. The molecule has 1 N–H and O–H groups in total. The van der Waals surface area contributed by atoms with Crippen LogP contribution in [0.4, 0.5) is 4.39 Å². The monoisotopic (exact) mass is 249 g/mol. The number of furan rings is 1. The molecule has 0 saturated carbocycles. The molecule has 1 aliphatic rings. The van der Waals surface area contributed by atoms with Crippen LogP contribution in [0.1, 0.15) is 18.6 Å². The maximum atomic E-state index is 13.1. The van der Waals surface area contributed by atoms with Gasteiger partial charge in [-0.05, 0) is 43.7 Å². The lowest BCUT2D eigenvalue weighted by molar-refractivity contribution is 0.147. The Balaban J connectivity index is 1.82. The Morgan fingerprint density at radius 3 is 3.11 bits per heavy atom. The first-order chi connectivity index (χ1) is 8.76. The van der Waals surface area contributed by atoms with Crippen LogP contribution in [-0.2, 0) is 6.54 Å². The third kappa shape index (κ3) is 2.13. The first kappa shape index (κ1) is 11.7. The fourth-order valence-corrected chi connectivity index (χ4v) is 2.66. The van der Waals surface area contributed by atoms with Crippen LogP contribution in [0.3, 0.4) is 0 Å². The fraction of sp³-hybridized carbons (Fsp3) is 0.429. The van der Waals surface area contributed by atoms with Crippen LogP contribution >= 0.6 is 0 Å². The van der Waals surface area contributed by atoms with Crippen LogP contribution < -0.4 is 0 Å². The Morgan fingerprint density at radius 2 is 2.28 bits per heavy atom. The van der Waals surface area contributed by atoms with Gasteiger partial charge in [-0.1, -0.05) is 0 Å². The van der Waals surface area contributed by atoms with Gasteiger partial charge in [0.05, 0.1) is 13.2 Å². The van der Waals surface area contributed by atoms with Crippen molar-refractivity contribution in [2.24, 2.45) is 0 Å². The van der Waals surface area contributed by atoms with Crippen LogP contribution in [-0.4, -0.2) is 29.2 Å². The molecule has 0 amide bonds. The zero-order valence-electron chi connectivity index (χ0n) is 10.1. The first-order valence-electron chi connectivity index (χ1n) is 6.29. The standard InChI is InChI=1S/C14H16FNO2/c15-11-3-4-14-10(6-11)7-13(18-14)8-16-5-1-2-12(16)9-17/h3-4,6-7,12,17H,1-2,5,8-9H2/t12-/m1/s1. The molecule has 1 saturated heterocycles. The molecule has 0 unspecified atom stereocenters. The van der Waals surface area contributed by atoms with Crippen molar-refractivity contribution in [1.29, 1.82) is 0 Å². The van der Waals surface area contributed by atoms with Crippen LogP contribution in [0.15, 0.2) is 28.7 Å². The van der Waals surface area contributed by atoms with E-state index in [9.17, 15) is 9.50 Å². The molecule has 96 valence electrons. The fourth-order valence-electron chi connectivity index (χ4n) is 2.66. The lowest BCUT2D eigenvalue weighted by atomic mass is 10.2. The van der Waals surface area contributed by atoms with Gasteiger partial charge in [0, 0.05) is 11.4 Å². The molecule has 0 radical (unpaired) electrons. The Kier molecular flexibility index (Phi) is 3.06. The van der Waals surface area contributed by atoms with Gasteiger partial charge in [0.2, 0.25) is 0 Å². The Bertz CT molecular complexity index is 552. The number of benzene rings is 1. The molecule has 3 nitrogen and oxygen atoms in total. The minimum atomic E-state index is -0.246. The van der Waals surface area contributed by atoms with Crippen molar-refractivity contribution in [3.8, 4) is 0 Å². The molecular weight excluding hydrogens is 233 g/mol. The van der Waals surface area contributed by atoms with Gasteiger partial charge in [-0.2, -0.15) is 0 Å². The predicted octanol–water partition coefficient (Wildman–Crippen LogP) is 2.53. The summed E-state index contributed by atoms with van der Waals surface area (Å²) < 4.78 is 18.8. The van der Waals surface area contributed by atoms with Crippen molar-refractivity contribution in [2.75, 3.05) is 13.2 Å². The molecule has 18 heavy (non-hydrogen) atoms. The highest BCUT2D eigenvalue weighted by molar-refractivity contribution is 5.77. The van der Waals surface area contributed by atoms with Crippen molar-refractivity contribution >= 4 is 11.0 Å². The van der Waals surface area contributed by atoms with E-state index in [2.05, 4.69) is 4.90 Å². The highest BCUT2D eigenvalue weighted by Gasteiger charge is 2.24. The second-order valence-electron chi connectivity index (χ2n) is 4.84. The Morgan fingerprint density at radius 1 is 1.39 bits per heavy atom. The van der Waals surface area contributed by atoms with Crippen LogP contribution in [0.2, 0.25) is 0 Å². The molecule has 2 heterocycles. The number of hydrogen-bond donors (Lipinski definition) is 1. The minimum Gasteiger partial charge on any atom is -0.460 e. The van der Waals surface area contributed by atoms with Crippen molar-refractivity contribution in [1.82, 2.24) is 4.90 Å². The van der Waals surface area contributed by atoms with Crippen molar-refractivity contribution < 1.29 is 13.9 Å². The molecule has 0 spiro atoms. The molecule has 1 aromatic carbocycles. The molecule has 0 bridgehead atoms. The predicted molar refractivity (Wildman–Crippen MR) is 66.7 cm³/mol. The number of likely N-dealkylation sites (tertiary alicyclic amines) is 1. The number of nitrogens with zero attached hydrogens (tertiary/aromatic N) is 1. The normalized spacial score (nSPS) is 20.9. The van der Waals surface area contributed by atoms with Crippen molar-refractivity contribution in [3.05, 3.63) is 35.8 Å². The van der Waals surface area contributed by atoms with Gasteiger partial charge in [-0.3, -0.25) is 4.90 Å². The second-order valence-corrected chi connectivity index (χ2v) is 4.84. The quantitative estimate of drug-likeness (QED) is 0.908. The van der Waals surface area contributed by atoms with Gasteiger partial charge >= 0.3 is 0 Å². The average Bonchev–Trinajstić information content (AvgIpc) is 2.94. The summed E-state index contributed by atoms with van der Waals surface area (Å²) >= 11 is 0. The van der Waals surface area contributed by atoms with Gasteiger partial charge in [0.15, 0.2) is 0 Å². The SMILES string of the molecule is OC[C@H]1CCCN1Cc1cc2cc(F)ccc2o1. The van der Waals surface area contributed by atoms with Gasteiger partial charge in [-0.15, -0.1) is 0 Å². The molecule has 0 aliphatic carbocycles. The van der Waals surface area contributed by atoms with Gasteiger partial charge in [0.25, 0.3) is 0 Å². The average molecular weight is 249 g/mol. The summed E-state index contributed by atoms with van der Waals surface area (Å²) in [6.07, 6.45) is 2.14. The summed E-state index contributed by atoms with van der Waals surface area (Å²) in [7, 11) is 0. The molecule has 1 atom stereocenters. The topological polar surface area (TPSA) is 36.6 Å². The molecule has 3 rings (SSSR count). The third-order valence-electron chi connectivity index (χ3n) is 3.60. The van der Waals surface area contributed by atoms with Crippen molar-refractivity contribution in [3.63, 3.8) is 0 Å². The van der Waals surface area contributed by atoms with Crippen LogP contribution in [0.25, 0.3) is 11.0 Å². The molecule has 4 heteroatoms. The number of hydrogen-bond acceptors (Lipinski definition) is 3. The molecule has 1 aliphatic heterocycles. The van der Waals surface area contributed by atoms with E-state index in [1.165, 1.54) is 12.1 Å². The van der Waals surface area contributed by atoms with Gasteiger partial charge in [-0.25, -0.2) is 4.39 Å². The number of fused-ring (bicyclic) bond motifs is 1. The summed E-state index contributed by atoms with van der Waals surface area (Å²) in [6, 6.07) is 6.65. The maximum absolute atomic E-state index is 13.1. The third-order valence-corrected chi connectivity index (χ3v) is 3.60. The smallest absolute Gasteiger partial charge is 0.134 e. The van der Waals surface area contributed by atoms with E-state index in [4.69, 9.17) is 4.42 Å². The Labute approximate surface area is 105 Å². The van der Waals surface area contributed by atoms with Crippen LogP contribution in [0, 0.1) is 5.82 Å². The highest BCUT2D eigenvalue weighted by Crippen LogP contribution is 2.24. The number of halogens is 1. The lowest BCUT2D eigenvalue weighted by Gasteiger charge is -2.20. The van der Waals surface area contributed by atoms with Crippen molar-refractivity contribution in [2.45, 2.75) is 25.4 Å². The zero-order chi connectivity index (χ0) is 12.5. The van der Waals surface area contributed by atoms with Gasteiger partial charge in [0.1, 0.15) is 17.2 Å². The van der Waals surface area contributed by atoms with E-state index < -0.39 is 0 Å². The zero-order valence-corrected chi connectivity index (χ0v) is 10.1. The van der Waals surface area contributed by atoms with E-state index in [1.807, 2.05) is 6.07 Å². The second kappa shape index (κ2) is 4.71. The summed E-state index contributed by atoms with van der Waals surface area (Å²) in [5.74, 6) is 0.584. The molecule has 2 aromatic rings. The number of rotatable bonds is 3. The van der Waals surface area contributed by atoms with Gasteiger partial charge < -0.3 is 9.52 Å². The van der Waals surface area contributed by atoms with E-state index in [-0.39, 0.29) is 18.5 Å². The summed E-state index contributed by atoms with van der Waals surface area (Å²) in [4.78, 5) is 2.22. The van der Waals surface area contributed by atoms with Crippen LogP contribution in [0.5, 0.6) is 0 Å². The summed E-state index contributed by atoms with van der Waals surface area (Å²) in [6.45, 7) is 1.85. The largest absolute Gasteiger partial charge is 0.460 e. The number of aliphatic hydroxyl groups excluding tert-OH is 1. The first-order valence-corrected chi connectivity index (χ1v) is 6.29. The molecule has 1 fully saturated rings. The van der Waals surface area contributed by atoms with E-state index in [0.29, 0.717) is 12.1 Å². The highest BCUT2D eigenvalue weighted by atomic mass is 19.1. The van der Waals surface area contributed by atoms with E-state index in [1.54, 1.807) is 6.07 Å². The summed E-state index contributed by atoms with van der Waals surface area (Å²) in [5, 5.41) is 10.1. The molecule has 1 aromatic heterocycles. The number of aliphatic hydroxyl groups is 1. The van der Waals surface area contributed by atoms with E-state index in [0.717, 1.165) is 30.5 Å². The van der Waals surface area contributed by atoms with E-state index >= 15 is 0 Å². The lowest BCUT2D eigenvalue weighted by Crippen LogP contribution is -2.31. The molecular formula is C14H16FNO2.